The third-order valence-corrected chi connectivity index (χ3v) is 9.63. The van der Waals surface area contributed by atoms with Crippen LogP contribution in [-0.2, 0) is 0 Å². The molecule has 0 unspecified atom stereocenters. The molecule has 9 heavy (non-hydrogen) atoms. The van der Waals surface area contributed by atoms with Crippen molar-refractivity contribution >= 4 is 28.9 Å². The Kier molecular flexibility index (Phi) is 3.06. The zero-order valence-corrected chi connectivity index (χ0v) is 8.97. The van der Waals surface area contributed by atoms with E-state index in [2.05, 4.69) is 27.7 Å². The van der Waals surface area contributed by atoms with Crippen LogP contribution in [0, 0.1) is 0 Å². The number of rotatable bonds is 1. The smallest absolute Gasteiger partial charge is 0.145 e. The first-order valence-electron chi connectivity index (χ1n) is 3.19. The molecule has 0 saturated heterocycles. The van der Waals surface area contributed by atoms with Crippen LogP contribution in [0.25, 0.3) is 0 Å². The Morgan fingerprint density at radius 3 is 1.56 bits per heavy atom. The highest BCUT2D eigenvalue weighted by atomic mass is 35.7. The van der Waals surface area contributed by atoms with Crippen molar-refractivity contribution in [1.82, 2.24) is 0 Å². The van der Waals surface area contributed by atoms with E-state index in [9.17, 15) is 0 Å². The fourth-order valence-corrected chi connectivity index (χ4v) is 1.59. The maximum absolute atomic E-state index is 6.10. The van der Waals surface area contributed by atoms with Gasteiger partial charge in [-0.3, -0.25) is 0 Å². The summed E-state index contributed by atoms with van der Waals surface area (Å²) in [7, 11) is 0. The van der Waals surface area contributed by atoms with Gasteiger partial charge in [0.1, 0.15) is 0 Å². The average Bonchev–Trinajstić information content (AvgIpc) is 1.64. The van der Waals surface area contributed by atoms with E-state index in [1.54, 1.807) is 0 Å². The Bertz CT molecular complexity index is 93.7. The third-order valence-electron chi connectivity index (χ3n) is 1.54. The van der Waals surface area contributed by atoms with E-state index in [1.807, 2.05) is 0 Å². The minimum absolute atomic E-state index is 0.116. The number of hydrogen-bond acceptors (Lipinski definition) is 0. The van der Waals surface area contributed by atoms with E-state index in [0.717, 1.165) is 6.04 Å². The predicted molar refractivity (Wildman–Crippen MR) is 47.7 cm³/mol. The van der Waals surface area contributed by atoms with Gasteiger partial charge < -0.3 is 0 Å². The normalized spacial score (nSPS) is 14.0. The molecule has 0 aromatic carbocycles. The summed E-state index contributed by atoms with van der Waals surface area (Å²) >= 11 is 12.2. The van der Waals surface area contributed by atoms with Gasteiger partial charge in [-0.05, 0) is 11.1 Å². The molecule has 0 aliphatic rings. The van der Waals surface area contributed by atoms with Gasteiger partial charge in [0.25, 0.3) is 6.69 Å². The van der Waals surface area contributed by atoms with Crippen LogP contribution in [0.15, 0.2) is 0 Å². The summed E-state index contributed by atoms with van der Waals surface area (Å²) in [5.74, 6) is 0. The lowest BCUT2D eigenvalue weighted by atomic mass is 10.3. The first kappa shape index (κ1) is 9.80. The highest BCUT2D eigenvalue weighted by Gasteiger charge is 2.39. The Labute approximate surface area is 68.0 Å². The highest BCUT2D eigenvalue weighted by Crippen LogP contribution is 2.44. The van der Waals surface area contributed by atoms with Crippen molar-refractivity contribution in [2.75, 3.05) is 0 Å². The molecule has 0 atom stereocenters. The van der Waals surface area contributed by atoms with Gasteiger partial charge in [-0.1, -0.05) is 27.7 Å². The number of halogens is 2. The van der Waals surface area contributed by atoms with E-state index in [4.69, 9.17) is 22.2 Å². The van der Waals surface area contributed by atoms with E-state index in [0.29, 0.717) is 0 Å². The van der Waals surface area contributed by atoms with Crippen LogP contribution in [0.2, 0.25) is 11.1 Å². The molecule has 0 aliphatic heterocycles. The highest BCUT2D eigenvalue weighted by molar-refractivity contribution is 7.46. The summed E-state index contributed by atoms with van der Waals surface area (Å²) in [5, 5.41) is 0.116. The van der Waals surface area contributed by atoms with E-state index in [1.165, 1.54) is 0 Å². The molecule has 56 valence electrons. The van der Waals surface area contributed by atoms with E-state index >= 15 is 0 Å². The second-order valence-corrected chi connectivity index (χ2v) is 11.4. The molecule has 0 saturated carbocycles. The van der Waals surface area contributed by atoms with Crippen LogP contribution >= 0.6 is 22.2 Å². The van der Waals surface area contributed by atoms with Crippen LogP contribution < -0.4 is 0 Å². The van der Waals surface area contributed by atoms with Crippen LogP contribution in [0.4, 0.5) is 0 Å². The Morgan fingerprint density at radius 2 is 1.56 bits per heavy atom. The van der Waals surface area contributed by atoms with Crippen molar-refractivity contribution in [2.45, 2.75) is 38.8 Å². The Hall–Kier alpha value is 0.797. The van der Waals surface area contributed by atoms with Crippen molar-refractivity contribution in [3.63, 3.8) is 0 Å². The van der Waals surface area contributed by atoms with Gasteiger partial charge in [-0.15, -0.1) is 22.2 Å². The topological polar surface area (TPSA) is 0 Å². The van der Waals surface area contributed by atoms with Gasteiger partial charge in [-0.25, -0.2) is 0 Å². The molecule has 0 radical (unpaired) electrons. The lowest BCUT2D eigenvalue weighted by molar-refractivity contribution is 0.739. The van der Waals surface area contributed by atoms with Crippen molar-refractivity contribution in [2.24, 2.45) is 0 Å². The van der Waals surface area contributed by atoms with Gasteiger partial charge in [0.2, 0.25) is 0 Å². The molecule has 0 fully saturated rings. The molecule has 0 heterocycles. The lowest BCUT2D eigenvalue weighted by Gasteiger charge is -2.29. The van der Waals surface area contributed by atoms with Crippen LogP contribution in [0.5, 0.6) is 0 Å². The second-order valence-electron chi connectivity index (χ2n) is 3.31. The van der Waals surface area contributed by atoms with Gasteiger partial charge in [0.15, 0.2) is 0 Å². The van der Waals surface area contributed by atoms with Gasteiger partial charge in [-0.2, -0.15) is 0 Å². The van der Waals surface area contributed by atoms with Crippen molar-refractivity contribution in [3.8, 4) is 0 Å². The molecular formula is C6H14Cl2Si. The first-order chi connectivity index (χ1) is 3.81. The van der Waals surface area contributed by atoms with Crippen LogP contribution in [0.3, 0.4) is 0 Å². The Morgan fingerprint density at radius 1 is 1.22 bits per heavy atom. The molecule has 0 rings (SSSR count). The summed E-state index contributed by atoms with van der Waals surface area (Å²) in [5.41, 5.74) is 0. The monoisotopic (exact) mass is 184 g/mol. The molecule has 3 heteroatoms. The SMILES string of the molecule is CC[Si](Cl)(Cl)C(C)(C)C. The van der Waals surface area contributed by atoms with E-state index in [-0.39, 0.29) is 5.04 Å². The summed E-state index contributed by atoms with van der Waals surface area (Å²) in [4.78, 5) is 0. The standard InChI is InChI=1S/C6H14Cl2Si/c1-5-9(7,8)6(2,3)4/h5H2,1-4H3. The maximum Gasteiger partial charge on any atom is 0.256 e. The summed E-state index contributed by atoms with van der Waals surface area (Å²) in [6, 6.07) is 0.930. The second kappa shape index (κ2) is 2.81. The van der Waals surface area contributed by atoms with Crippen molar-refractivity contribution in [1.29, 1.82) is 0 Å². The van der Waals surface area contributed by atoms with E-state index < -0.39 is 6.69 Å². The first-order valence-corrected chi connectivity index (χ1v) is 7.42. The summed E-state index contributed by atoms with van der Waals surface area (Å²) < 4.78 is 0. The molecule has 0 N–H and O–H groups in total. The lowest BCUT2D eigenvalue weighted by Crippen LogP contribution is -2.30. The van der Waals surface area contributed by atoms with Crippen LogP contribution in [0.1, 0.15) is 27.7 Å². The van der Waals surface area contributed by atoms with Gasteiger partial charge >= 0.3 is 0 Å². The molecule has 0 bridgehead atoms. The minimum atomic E-state index is -1.93. The fourth-order valence-electron chi connectivity index (χ4n) is 0.530. The average molecular weight is 185 g/mol. The summed E-state index contributed by atoms with van der Waals surface area (Å²) in [6.45, 7) is 6.42. The Balaban J connectivity index is 4.14. The fraction of sp³-hybridized carbons (Fsp3) is 1.00. The van der Waals surface area contributed by atoms with Gasteiger partial charge in [0, 0.05) is 0 Å². The largest absolute Gasteiger partial charge is 0.256 e. The predicted octanol–water partition coefficient (Wildman–Crippen LogP) is 3.73. The molecule has 0 amide bonds. The van der Waals surface area contributed by atoms with Crippen LogP contribution in [-0.4, -0.2) is 6.69 Å². The quantitative estimate of drug-likeness (QED) is 0.431. The molecule has 0 aromatic heterocycles. The third kappa shape index (κ3) is 2.48. The minimum Gasteiger partial charge on any atom is -0.145 e. The maximum atomic E-state index is 6.10. The zero-order chi connectivity index (χ0) is 7.71. The van der Waals surface area contributed by atoms with Crippen molar-refractivity contribution < 1.29 is 0 Å². The summed E-state index contributed by atoms with van der Waals surface area (Å²) in [6.07, 6.45) is 0. The molecular weight excluding hydrogens is 171 g/mol. The van der Waals surface area contributed by atoms with Crippen molar-refractivity contribution in [3.05, 3.63) is 0 Å². The van der Waals surface area contributed by atoms with Gasteiger partial charge in [0.05, 0.1) is 0 Å². The number of hydrogen-bond donors (Lipinski definition) is 0. The molecule has 0 aliphatic carbocycles. The zero-order valence-electron chi connectivity index (χ0n) is 6.46. The molecule has 0 aromatic rings. The molecule has 0 nitrogen and oxygen atoms in total. The molecule has 0 spiro atoms.